The van der Waals surface area contributed by atoms with Crippen LogP contribution in [0.25, 0.3) is 10.9 Å². The third-order valence-electron chi connectivity index (χ3n) is 3.91. The number of carbonyl (C=O) groups excluding carboxylic acids is 1. The van der Waals surface area contributed by atoms with E-state index in [1.165, 1.54) is 24.0 Å². The molecule has 0 fully saturated rings. The number of aromatic amines is 1. The maximum absolute atomic E-state index is 14.3. The van der Waals surface area contributed by atoms with E-state index in [1.54, 1.807) is 30.3 Å². The Bertz CT molecular complexity index is 1040. The molecular formula is C19H17ClFN3O2S. The molecule has 0 aliphatic rings. The van der Waals surface area contributed by atoms with Crippen molar-refractivity contribution in [2.75, 3.05) is 12.3 Å². The van der Waals surface area contributed by atoms with E-state index in [-0.39, 0.29) is 23.0 Å². The van der Waals surface area contributed by atoms with Gasteiger partial charge in [-0.15, -0.1) is 11.8 Å². The highest BCUT2D eigenvalue weighted by Gasteiger charge is 2.15. The lowest BCUT2D eigenvalue weighted by Crippen LogP contribution is -2.28. The fourth-order valence-corrected chi connectivity index (χ4v) is 3.44. The first-order valence-corrected chi connectivity index (χ1v) is 9.56. The van der Waals surface area contributed by atoms with E-state index in [0.29, 0.717) is 22.2 Å². The summed E-state index contributed by atoms with van der Waals surface area (Å²) in [5, 5.41) is 3.42. The van der Waals surface area contributed by atoms with E-state index < -0.39 is 17.2 Å². The number of hydrogen-bond donors (Lipinski definition) is 3. The summed E-state index contributed by atoms with van der Waals surface area (Å²) < 4.78 is 14.3. The minimum absolute atomic E-state index is 0.0724. The van der Waals surface area contributed by atoms with Gasteiger partial charge >= 0.3 is 0 Å². The summed E-state index contributed by atoms with van der Waals surface area (Å²) in [7, 11) is 0. The van der Waals surface area contributed by atoms with Gasteiger partial charge in [0.15, 0.2) is 0 Å². The molecule has 3 rings (SSSR count). The molecule has 0 aliphatic heterocycles. The molecule has 0 unspecified atom stereocenters. The number of nitrogens with one attached hydrogen (secondary N) is 2. The van der Waals surface area contributed by atoms with Crippen molar-refractivity contribution < 1.29 is 9.18 Å². The number of fused-ring (bicyclic) bond motifs is 1. The predicted octanol–water partition coefficient (Wildman–Crippen LogP) is 3.30. The molecule has 0 spiro atoms. The maximum atomic E-state index is 14.3. The lowest BCUT2D eigenvalue weighted by molar-refractivity contribution is 0.0949. The van der Waals surface area contributed by atoms with Crippen LogP contribution in [0.15, 0.2) is 52.3 Å². The summed E-state index contributed by atoms with van der Waals surface area (Å²) in [6.07, 6.45) is 1.23. The van der Waals surface area contributed by atoms with E-state index in [0.717, 1.165) is 5.56 Å². The Labute approximate surface area is 164 Å². The van der Waals surface area contributed by atoms with Crippen LogP contribution in [0.5, 0.6) is 0 Å². The Balaban J connectivity index is 1.87. The summed E-state index contributed by atoms with van der Waals surface area (Å²) in [6.45, 7) is 0.683. The summed E-state index contributed by atoms with van der Waals surface area (Å²) in [4.78, 5) is 28.4. The molecule has 4 N–H and O–H groups in total. The number of nitrogens with two attached hydrogens (primary N) is 1. The lowest BCUT2D eigenvalue weighted by Gasteiger charge is -2.08. The van der Waals surface area contributed by atoms with Gasteiger partial charge < -0.3 is 16.0 Å². The third kappa shape index (κ3) is 4.50. The number of rotatable bonds is 6. The van der Waals surface area contributed by atoms with Crippen LogP contribution in [0.1, 0.15) is 15.9 Å². The molecule has 27 heavy (non-hydrogen) atoms. The van der Waals surface area contributed by atoms with Gasteiger partial charge in [-0.1, -0.05) is 23.7 Å². The van der Waals surface area contributed by atoms with Crippen molar-refractivity contribution >= 4 is 40.2 Å². The first-order chi connectivity index (χ1) is 13.0. The van der Waals surface area contributed by atoms with E-state index in [9.17, 15) is 14.0 Å². The average molecular weight is 406 g/mol. The molecule has 0 atom stereocenters. The summed E-state index contributed by atoms with van der Waals surface area (Å²) >= 11 is 7.18. The van der Waals surface area contributed by atoms with Crippen LogP contribution in [0.3, 0.4) is 0 Å². The van der Waals surface area contributed by atoms with Crippen LogP contribution in [0.2, 0.25) is 5.02 Å². The molecule has 0 aliphatic carbocycles. The number of amides is 1. The quantitative estimate of drug-likeness (QED) is 0.549. The summed E-state index contributed by atoms with van der Waals surface area (Å²) in [6, 6.07) is 9.92. The van der Waals surface area contributed by atoms with Crippen LogP contribution in [0, 0.1) is 5.82 Å². The number of hydrogen-bond acceptors (Lipinski definition) is 4. The van der Waals surface area contributed by atoms with Gasteiger partial charge in [0.25, 0.3) is 5.91 Å². The van der Waals surface area contributed by atoms with Gasteiger partial charge in [-0.05, 0) is 29.8 Å². The second-order valence-electron chi connectivity index (χ2n) is 5.81. The number of thioether (sulfide) groups is 1. The monoisotopic (exact) mass is 405 g/mol. The van der Waals surface area contributed by atoms with Crippen LogP contribution >= 0.6 is 23.4 Å². The molecule has 1 amide bonds. The Kier molecular flexibility index (Phi) is 6.15. The Morgan fingerprint density at radius 2 is 2.00 bits per heavy atom. The standard InChI is InChI=1S/C19H17ClFN3O2S/c20-12-3-1-11(2-4-12)9-24-19(26)15-10-23-17-14(18(15)25)7-13(8-16(17)21)27-6-5-22/h1-4,7-8,10H,5-6,9,22H2,(H,23,25)(H,24,26). The molecule has 8 heteroatoms. The fourth-order valence-electron chi connectivity index (χ4n) is 2.57. The minimum atomic E-state index is -0.544. The van der Waals surface area contributed by atoms with E-state index in [1.807, 2.05) is 0 Å². The molecule has 0 radical (unpaired) electrons. The van der Waals surface area contributed by atoms with E-state index >= 15 is 0 Å². The zero-order chi connectivity index (χ0) is 19.4. The van der Waals surface area contributed by atoms with Gasteiger partial charge in [-0.25, -0.2) is 4.39 Å². The second-order valence-corrected chi connectivity index (χ2v) is 7.41. The van der Waals surface area contributed by atoms with Gasteiger partial charge in [0, 0.05) is 35.0 Å². The zero-order valence-corrected chi connectivity index (χ0v) is 15.8. The van der Waals surface area contributed by atoms with Gasteiger partial charge in [0.2, 0.25) is 5.43 Å². The Morgan fingerprint density at radius 3 is 2.70 bits per heavy atom. The first kappa shape index (κ1) is 19.4. The largest absolute Gasteiger partial charge is 0.358 e. The van der Waals surface area contributed by atoms with Crippen molar-refractivity contribution in [1.82, 2.24) is 10.3 Å². The summed E-state index contributed by atoms with van der Waals surface area (Å²) in [5.74, 6) is -0.477. The summed E-state index contributed by atoms with van der Waals surface area (Å²) in [5.41, 5.74) is 5.79. The molecule has 1 heterocycles. The van der Waals surface area contributed by atoms with Crippen molar-refractivity contribution in [3.8, 4) is 0 Å². The number of carbonyl (C=O) groups is 1. The van der Waals surface area contributed by atoms with Crippen molar-refractivity contribution in [1.29, 1.82) is 0 Å². The molecule has 0 saturated heterocycles. The SMILES string of the molecule is NCCSc1cc(F)c2[nH]cc(C(=O)NCc3ccc(Cl)cc3)c(=O)c2c1. The number of pyridine rings is 1. The first-order valence-electron chi connectivity index (χ1n) is 8.20. The zero-order valence-electron chi connectivity index (χ0n) is 14.2. The molecule has 3 aromatic rings. The smallest absolute Gasteiger partial charge is 0.257 e. The topological polar surface area (TPSA) is 88.0 Å². The minimum Gasteiger partial charge on any atom is -0.358 e. The second kappa shape index (κ2) is 8.56. The number of aromatic nitrogens is 1. The van der Waals surface area contributed by atoms with Crippen LogP contribution in [0.4, 0.5) is 4.39 Å². The highest BCUT2D eigenvalue weighted by molar-refractivity contribution is 7.99. The normalized spacial score (nSPS) is 10.9. The highest BCUT2D eigenvalue weighted by Crippen LogP contribution is 2.23. The van der Waals surface area contributed by atoms with Gasteiger partial charge in [-0.2, -0.15) is 0 Å². The number of H-pyrrole nitrogens is 1. The van der Waals surface area contributed by atoms with Gasteiger partial charge in [0.05, 0.1) is 10.9 Å². The van der Waals surface area contributed by atoms with E-state index in [2.05, 4.69) is 10.3 Å². The van der Waals surface area contributed by atoms with E-state index in [4.69, 9.17) is 17.3 Å². The molecule has 0 bridgehead atoms. The highest BCUT2D eigenvalue weighted by atomic mass is 35.5. The average Bonchev–Trinajstić information content (AvgIpc) is 2.66. The van der Waals surface area contributed by atoms with Crippen molar-refractivity contribution in [2.45, 2.75) is 11.4 Å². The van der Waals surface area contributed by atoms with Crippen molar-refractivity contribution in [3.05, 3.63) is 74.8 Å². The molecule has 2 aromatic carbocycles. The molecule has 5 nitrogen and oxygen atoms in total. The Hall–Kier alpha value is -2.35. The van der Waals surface area contributed by atoms with Crippen LogP contribution < -0.4 is 16.5 Å². The molecule has 140 valence electrons. The van der Waals surface area contributed by atoms with Crippen LogP contribution in [-0.4, -0.2) is 23.2 Å². The lowest BCUT2D eigenvalue weighted by atomic mass is 10.1. The molecule has 0 saturated carbocycles. The number of benzene rings is 2. The van der Waals surface area contributed by atoms with Gasteiger partial charge in [0.1, 0.15) is 11.4 Å². The van der Waals surface area contributed by atoms with Crippen molar-refractivity contribution in [3.63, 3.8) is 0 Å². The molecule has 1 aromatic heterocycles. The van der Waals surface area contributed by atoms with Crippen molar-refractivity contribution in [2.24, 2.45) is 5.73 Å². The third-order valence-corrected chi connectivity index (χ3v) is 5.17. The maximum Gasteiger partial charge on any atom is 0.257 e. The molecular weight excluding hydrogens is 389 g/mol. The fraction of sp³-hybridized carbons (Fsp3) is 0.158. The Morgan fingerprint density at radius 1 is 1.26 bits per heavy atom. The van der Waals surface area contributed by atoms with Crippen LogP contribution in [-0.2, 0) is 6.54 Å². The predicted molar refractivity (Wildman–Crippen MR) is 107 cm³/mol. The van der Waals surface area contributed by atoms with Gasteiger partial charge in [-0.3, -0.25) is 9.59 Å². The number of halogens is 2.